The van der Waals surface area contributed by atoms with Gasteiger partial charge >= 0.3 is 0 Å². The lowest BCUT2D eigenvalue weighted by Crippen LogP contribution is -1.98. The highest BCUT2D eigenvalue weighted by atomic mass is 35.5. The van der Waals surface area contributed by atoms with Crippen LogP contribution in [0.2, 0.25) is 10.0 Å². The molecule has 0 aliphatic carbocycles. The fourth-order valence-electron chi connectivity index (χ4n) is 1.84. The number of aromatic amines is 1. The van der Waals surface area contributed by atoms with Gasteiger partial charge in [0.05, 0.1) is 22.1 Å². The first kappa shape index (κ1) is 13.5. The molecule has 0 bridgehead atoms. The van der Waals surface area contributed by atoms with Crippen LogP contribution in [-0.4, -0.2) is 9.97 Å². The van der Waals surface area contributed by atoms with Gasteiger partial charge in [0.15, 0.2) is 0 Å². The summed E-state index contributed by atoms with van der Waals surface area (Å²) in [6.45, 7) is 4.17. The highest BCUT2D eigenvalue weighted by Crippen LogP contribution is 2.31. The SMILES string of the molecule is CC(C)c1c(-c2ccc(Cl)c(Cl)c2)[nH]cnc1=S. The van der Waals surface area contributed by atoms with E-state index in [1.807, 2.05) is 12.1 Å². The number of benzene rings is 1. The van der Waals surface area contributed by atoms with Crippen LogP contribution in [0.15, 0.2) is 24.5 Å². The van der Waals surface area contributed by atoms with Crippen molar-refractivity contribution < 1.29 is 0 Å². The Bertz CT molecular complexity index is 635. The molecule has 0 saturated heterocycles. The van der Waals surface area contributed by atoms with Gasteiger partial charge in [-0.05, 0) is 23.6 Å². The number of hydrogen-bond donors (Lipinski definition) is 1. The maximum absolute atomic E-state index is 6.05. The summed E-state index contributed by atoms with van der Waals surface area (Å²) < 4.78 is 0.616. The second-order valence-electron chi connectivity index (χ2n) is 4.28. The molecule has 0 saturated carbocycles. The van der Waals surface area contributed by atoms with E-state index in [-0.39, 0.29) is 5.92 Å². The normalized spacial score (nSPS) is 10.9. The van der Waals surface area contributed by atoms with Crippen LogP contribution in [-0.2, 0) is 0 Å². The summed E-state index contributed by atoms with van der Waals surface area (Å²) in [5.74, 6) is 0.284. The van der Waals surface area contributed by atoms with Crippen LogP contribution < -0.4 is 0 Å². The third-order valence-corrected chi connectivity index (χ3v) is 3.74. The maximum atomic E-state index is 6.05. The minimum absolute atomic E-state index is 0.284. The summed E-state index contributed by atoms with van der Waals surface area (Å²) >= 11 is 17.3. The minimum atomic E-state index is 0.284. The number of hydrogen-bond acceptors (Lipinski definition) is 2. The Morgan fingerprint density at radius 3 is 2.56 bits per heavy atom. The van der Waals surface area contributed by atoms with Crippen LogP contribution in [0.4, 0.5) is 0 Å². The molecule has 1 heterocycles. The summed E-state index contributed by atoms with van der Waals surface area (Å²) in [7, 11) is 0. The first-order valence-electron chi connectivity index (χ1n) is 5.53. The van der Waals surface area contributed by atoms with Crippen molar-refractivity contribution in [1.82, 2.24) is 9.97 Å². The van der Waals surface area contributed by atoms with Gasteiger partial charge < -0.3 is 4.98 Å². The molecule has 0 aliphatic heterocycles. The van der Waals surface area contributed by atoms with Gasteiger partial charge in [-0.15, -0.1) is 0 Å². The summed E-state index contributed by atoms with van der Waals surface area (Å²) in [4.78, 5) is 7.27. The number of nitrogens with one attached hydrogen (secondary N) is 1. The molecule has 1 aromatic heterocycles. The first-order chi connectivity index (χ1) is 8.50. The second kappa shape index (κ2) is 5.39. The lowest BCUT2D eigenvalue weighted by atomic mass is 9.99. The van der Waals surface area contributed by atoms with Crippen molar-refractivity contribution >= 4 is 35.4 Å². The van der Waals surface area contributed by atoms with Gasteiger partial charge in [-0.1, -0.05) is 55.3 Å². The van der Waals surface area contributed by atoms with E-state index in [2.05, 4.69) is 23.8 Å². The van der Waals surface area contributed by atoms with E-state index in [0.29, 0.717) is 14.7 Å². The first-order valence-corrected chi connectivity index (χ1v) is 6.70. The molecule has 0 unspecified atom stereocenters. The van der Waals surface area contributed by atoms with Crippen LogP contribution in [0.1, 0.15) is 25.3 Å². The smallest absolute Gasteiger partial charge is 0.133 e. The Morgan fingerprint density at radius 2 is 1.94 bits per heavy atom. The molecule has 2 nitrogen and oxygen atoms in total. The minimum Gasteiger partial charge on any atom is -0.346 e. The van der Waals surface area contributed by atoms with Crippen molar-refractivity contribution in [3.05, 3.63) is 44.8 Å². The quantitative estimate of drug-likeness (QED) is 0.768. The van der Waals surface area contributed by atoms with Crippen LogP contribution in [0, 0.1) is 4.64 Å². The summed E-state index contributed by atoms with van der Waals surface area (Å²) in [5.41, 5.74) is 2.93. The number of H-pyrrole nitrogens is 1. The maximum Gasteiger partial charge on any atom is 0.133 e. The van der Waals surface area contributed by atoms with E-state index in [4.69, 9.17) is 35.4 Å². The molecule has 0 fully saturated rings. The molecule has 18 heavy (non-hydrogen) atoms. The third kappa shape index (κ3) is 2.58. The van der Waals surface area contributed by atoms with Gasteiger partial charge in [0.25, 0.3) is 0 Å². The molecule has 0 atom stereocenters. The Kier molecular flexibility index (Phi) is 4.05. The van der Waals surface area contributed by atoms with Crippen molar-refractivity contribution in [2.24, 2.45) is 0 Å². The van der Waals surface area contributed by atoms with Gasteiger partial charge in [-0.25, -0.2) is 4.98 Å². The molecule has 94 valence electrons. The van der Waals surface area contributed by atoms with Crippen LogP contribution in [0.5, 0.6) is 0 Å². The molecule has 0 aliphatic rings. The third-order valence-electron chi connectivity index (χ3n) is 2.68. The highest BCUT2D eigenvalue weighted by molar-refractivity contribution is 7.71. The molecule has 0 radical (unpaired) electrons. The molecule has 0 spiro atoms. The Hall–Kier alpha value is -0.900. The average Bonchev–Trinajstić information content (AvgIpc) is 2.32. The molecular formula is C13H12Cl2N2S. The highest BCUT2D eigenvalue weighted by Gasteiger charge is 2.12. The van der Waals surface area contributed by atoms with E-state index < -0.39 is 0 Å². The zero-order chi connectivity index (χ0) is 13.3. The largest absolute Gasteiger partial charge is 0.346 e. The Morgan fingerprint density at radius 1 is 1.22 bits per heavy atom. The lowest BCUT2D eigenvalue weighted by Gasteiger charge is -2.12. The van der Waals surface area contributed by atoms with Crippen molar-refractivity contribution in [3.8, 4) is 11.3 Å². The van der Waals surface area contributed by atoms with Crippen LogP contribution >= 0.6 is 35.4 Å². The summed E-state index contributed by atoms with van der Waals surface area (Å²) in [6.07, 6.45) is 1.60. The van der Waals surface area contributed by atoms with Crippen LogP contribution in [0.25, 0.3) is 11.3 Å². The summed E-state index contributed by atoms with van der Waals surface area (Å²) in [5, 5.41) is 1.07. The lowest BCUT2D eigenvalue weighted by molar-refractivity contribution is 0.844. The number of nitrogens with zero attached hydrogens (tertiary/aromatic N) is 1. The molecule has 2 aromatic rings. The van der Waals surface area contributed by atoms with E-state index in [0.717, 1.165) is 16.8 Å². The standard InChI is InChI=1S/C13H12Cl2N2S/c1-7(2)11-12(16-6-17-13(11)18)8-3-4-9(14)10(15)5-8/h3-7H,1-2H3,(H,16,17,18). The predicted molar refractivity (Wildman–Crippen MR) is 79.0 cm³/mol. The van der Waals surface area contributed by atoms with Crippen molar-refractivity contribution in [2.45, 2.75) is 19.8 Å². The average molecular weight is 299 g/mol. The zero-order valence-corrected chi connectivity index (χ0v) is 12.3. The van der Waals surface area contributed by atoms with Gasteiger partial charge in [-0.2, -0.15) is 0 Å². The van der Waals surface area contributed by atoms with Crippen molar-refractivity contribution in [1.29, 1.82) is 0 Å². The number of aromatic nitrogens is 2. The second-order valence-corrected chi connectivity index (χ2v) is 5.48. The molecule has 0 amide bonds. The fraction of sp³-hybridized carbons (Fsp3) is 0.231. The van der Waals surface area contributed by atoms with E-state index in [1.165, 1.54) is 0 Å². The molecule has 1 aromatic carbocycles. The van der Waals surface area contributed by atoms with Gasteiger partial charge in [-0.3, -0.25) is 0 Å². The number of rotatable bonds is 2. The summed E-state index contributed by atoms with van der Waals surface area (Å²) in [6, 6.07) is 5.53. The molecule has 2 rings (SSSR count). The topological polar surface area (TPSA) is 28.7 Å². The molecular weight excluding hydrogens is 287 g/mol. The van der Waals surface area contributed by atoms with Crippen molar-refractivity contribution in [2.75, 3.05) is 0 Å². The van der Waals surface area contributed by atoms with Gasteiger partial charge in [0.1, 0.15) is 4.64 Å². The van der Waals surface area contributed by atoms with Gasteiger partial charge in [0.2, 0.25) is 0 Å². The number of halogens is 2. The monoisotopic (exact) mass is 298 g/mol. The zero-order valence-electron chi connectivity index (χ0n) is 10.00. The van der Waals surface area contributed by atoms with E-state index >= 15 is 0 Å². The Labute approximate surface area is 121 Å². The van der Waals surface area contributed by atoms with E-state index in [1.54, 1.807) is 12.4 Å². The van der Waals surface area contributed by atoms with Gasteiger partial charge in [0, 0.05) is 5.56 Å². The molecule has 5 heteroatoms. The van der Waals surface area contributed by atoms with E-state index in [9.17, 15) is 0 Å². The van der Waals surface area contributed by atoms with Crippen molar-refractivity contribution in [3.63, 3.8) is 0 Å². The van der Waals surface area contributed by atoms with Crippen LogP contribution in [0.3, 0.4) is 0 Å². The molecule has 1 N–H and O–H groups in total. The predicted octanol–water partition coefficient (Wildman–Crippen LogP) is 5.24. The fourth-order valence-corrected chi connectivity index (χ4v) is 2.52. The Balaban J connectivity index is 2.67.